The van der Waals surface area contributed by atoms with Crippen molar-refractivity contribution in [2.45, 2.75) is 205 Å². The van der Waals surface area contributed by atoms with Crippen molar-refractivity contribution in [2.75, 3.05) is 34.8 Å². The summed E-state index contributed by atoms with van der Waals surface area (Å²) in [6.45, 7) is 22.1. The fourth-order valence-corrected chi connectivity index (χ4v) is 9.17. The van der Waals surface area contributed by atoms with Gasteiger partial charge in [-0.05, 0) is 101 Å². The van der Waals surface area contributed by atoms with E-state index in [0.29, 0.717) is 19.4 Å². The highest BCUT2D eigenvalue weighted by Crippen LogP contribution is 2.41. The summed E-state index contributed by atoms with van der Waals surface area (Å²) in [4.78, 5) is 18.3. The number of methoxy groups -OCH3 is 1. The molecular weight excluding hydrogens is 724 g/mol. The summed E-state index contributed by atoms with van der Waals surface area (Å²) in [6.07, 6.45) is -6.51. The van der Waals surface area contributed by atoms with Gasteiger partial charge in [0.25, 0.3) is 0 Å². The Morgan fingerprint density at radius 3 is 2.04 bits per heavy atom. The van der Waals surface area contributed by atoms with Gasteiger partial charge >= 0.3 is 0 Å². The molecule has 3 rings (SSSR count). The average molecular weight is 807 g/mol. The summed E-state index contributed by atoms with van der Waals surface area (Å²) in [6, 6.07) is -0.708. The van der Waals surface area contributed by atoms with Crippen LogP contribution in [0.5, 0.6) is 0 Å². The molecular formula is C42H82N2O12. The number of Topliss-reactive ketones (excluding diaryl/α,β-unsaturated/α-hetero) is 1. The van der Waals surface area contributed by atoms with Crippen LogP contribution >= 0.6 is 0 Å². The molecule has 0 aliphatic carbocycles. The molecule has 14 heteroatoms. The lowest BCUT2D eigenvalue weighted by Gasteiger charge is -2.49. The summed E-state index contributed by atoms with van der Waals surface area (Å²) in [5, 5.41) is 66.5. The number of aliphatic hydroxyl groups excluding tert-OH is 4. The summed E-state index contributed by atoms with van der Waals surface area (Å²) >= 11 is 0. The average Bonchev–Trinajstić information content (AvgIpc) is 3.09. The predicted molar refractivity (Wildman–Crippen MR) is 215 cm³/mol. The minimum atomic E-state index is -1.58. The number of ether oxygens (including phenoxy) is 5. The van der Waals surface area contributed by atoms with Crippen molar-refractivity contribution < 1.29 is 59.1 Å². The van der Waals surface area contributed by atoms with Crippen LogP contribution in [0, 0.1) is 23.7 Å². The molecule has 9 unspecified atom stereocenters. The molecule has 3 aliphatic rings. The van der Waals surface area contributed by atoms with Crippen LogP contribution in [-0.4, -0.2) is 171 Å². The molecule has 0 aromatic carbocycles. The Labute approximate surface area is 338 Å². The van der Waals surface area contributed by atoms with Crippen molar-refractivity contribution in [3.63, 3.8) is 0 Å². The zero-order chi connectivity index (χ0) is 43.2. The Balaban J connectivity index is 0.00000258. The number of ketones is 1. The maximum Gasteiger partial charge on any atom is 0.185 e. The van der Waals surface area contributed by atoms with Gasteiger partial charge in [0.2, 0.25) is 0 Å². The fourth-order valence-electron chi connectivity index (χ4n) is 9.17. The van der Waals surface area contributed by atoms with E-state index in [4.69, 9.17) is 28.8 Å². The number of carbonyl (C=O) groups is 1. The molecule has 0 aromatic rings. The molecule has 332 valence electrons. The van der Waals surface area contributed by atoms with E-state index < -0.39 is 89.8 Å². The van der Waals surface area contributed by atoms with Crippen molar-refractivity contribution in [3.8, 4) is 0 Å². The van der Waals surface area contributed by atoms with Gasteiger partial charge in [-0.15, -0.1) is 0 Å². The van der Waals surface area contributed by atoms with Crippen molar-refractivity contribution >= 4 is 5.78 Å². The zero-order valence-corrected chi connectivity index (χ0v) is 37.5. The number of hydrogen-bond donors (Lipinski definition) is 6. The Morgan fingerprint density at radius 1 is 0.946 bits per heavy atom. The second-order valence-corrected chi connectivity index (χ2v) is 18.7. The van der Waals surface area contributed by atoms with Crippen LogP contribution in [0.3, 0.4) is 0 Å². The minimum Gasteiger partial charge on any atom is -0.394 e. The van der Waals surface area contributed by atoms with Gasteiger partial charge in [-0.2, -0.15) is 0 Å². The summed E-state index contributed by atoms with van der Waals surface area (Å²) in [7, 11) is 7.21. The second kappa shape index (κ2) is 21.1. The molecule has 0 aromatic heterocycles. The summed E-state index contributed by atoms with van der Waals surface area (Å²) in [5.41, 5.74) is -4.08. The number of carbonyl (C=O) groups excluding carboxylic acids is 1. The molecule has 0 saturated carbocycles. The molecule has 0 bridgehead atoms. The summed E-state index contributed by atoms with van der Waals surface area (Å²) in [5.74, 6) is -2.31. The fraction of sp³-hybridized carbons (Fsp3) is 0.976. The van der Waals surface area contributed by atoms with Crippen molar-refractivity contribution in [1.82, 2.24) is 9.80 Å². The number of nitrogens with zero attached hydrogens (tertiary/aromatic N) is 2. The molecule has 3 heterocycles. The third-order valence-electron chi connectivity index (χ3n) is 12.8. The van der Waals surface area contributed by atoms with Crippen molar-refractivity contribution in [1.29, 1.82) is 0 Å². The Morgan fingerprint density at radius 2 is 1.52 bits per heavy atom. The van der Waals surface area contributed by atoms with Crippen LogP contribution in [0.15, 0.2) is 0 Å². The van der Waals surface area contributed by atoms with Crippen LogP contribution in [0.4, 0.5) is 0 Å². The van der Waals surface area contributed by atoms with Gasteiger partial charge in [0.05, 0.1) is 47.3 Å². The Bertz CT molecular complexity index is 1190. The van der Waals surface area contributed by atoms with Gasteiger partial charge < -0.3 is 64.1 Å². The first kappa shape index (κ1) is 51.3. The van der Waals surface area contributed by atoms with E-state index in [2.05, 4.69) is 0 Å². The van der Waals surface area contributed by atoms with E-state index in [9.17, 15) is 30.3 Å². The normalized spacial score (nSPS) is 46.9. The Kier molecular flexibility index (Phi) is 19.3. The lowest BCUT2D eigenvalue weighted by Crippen LogP contribution is -2.60. The number of rotatable bonds is 7. The van der Waals surface area contributed by atoms with E-state index >= 15 is 0 Å². The molecule has 3 aliphatic heterocycles. The van der Waals surface area contributed by atoms with Crippen LogP contribution < -0.4 is 0 Å². The largest absolute Gasteiger partial charge is 0.394 e. The number of likely N-dealkylation sites (N-methyl/N-ethyl adjacent to an activating group) is 2. The Hall–Kier alpha value is -0.850. The SMILES string of the molecule is CC(C)O.CC[C@H]1CC(=O)[C@H](C)[C@@H](OC2CC(C)(OC)C(O)C(C)O2)[C@H](C)[C@@H](OC2OC(C)CC(N(C)C)C2O)[C@](C)(O)C[C@@H](C)CN(C)C(C)[C@@H](O)[C@@]1(C)O. The van der Waals surface area contributed by atoms with Gasteiger partial charge in [-0.3, -0.25) is 4.79 Å². The van der Waals surface area contributed by atoms with Crippen molar-refractivity contribution in [3.05, 3.63) is 0 Å². The highest BCUT2D eigenvalue weighted by Gasteiger charge is 2.52. The lowest BCUT2D eigenvalue weighted by molar-refractivity contribution is -0.317. The highest BCUT2D eigenvalue weighted by molar-refractivity contribution is 5.81. The molecule has 18 atom stereocenters. The van der Waals surface area contributed by atoms with E-state index in [1.54, 1.807) is 48.5 Å². The lowest BCUT2D eigenvalue weighted by atomic mass is 9.74. The third kappa shape index (κ3) is 12.8. The van der Waals surface area contributed by atoms with Gasteiger partial charge in [0.15, 0.2) is 12.6 Å². The zero-order valence-electron chi connectivity index (χ0n) is 37.5. The monoisotopic (exact) mass is 807 g/mol. The highest BCUT2D eigenvalue weighted by atomic mass is 16.7. The standard InChI is InChI=1S/C39H74N2O11.C3H8O/c1-15-27-17-29(42)23(4)32(51-30-19-38(9,48-14)34(45)26(7)50-30)24(5)35(52-36-31(43)28(40(11)12)16-22(3)49-36)37(8,46)18-21(2)20-41(13)25(6)33(44)39(27,10)47;1-3(2)4/h21-28,30-36,43-47H,15-20H2,1-14H3;3-4H,1-2H3/t21-,22?,23+,24+,25?,26?,27+,28?,30?,31?,32-,33-,34?,35-,36?,37-,38?,39+;/m1./s1. The molecule has 0 amide bonds. The van der Waals surface area contributed by atoms with Crippen LogP contribution in [-0.2, 0) is 28.5 Å². The number of hydrogen-bond acceptors (Lipinski definition) is 14. The van der Waals surface area contributed by atoms with Gasteiger partial charge in [-0.25, -0.2) is 0 Å². The molecule has 14 nitrogen and oxygen atoms in total. The van der Waals surface area contributed by atoms with Gasteiger partial charge in [0.1, 0.15) is 18.0 Å². The first-order valence-electron chi connectivity index (χ1n) is 20.9. The minimum absolute atomic E-state index is 0.0219. The van der Waals surface area contributed by atoms with E-state index in [1.165, 1.54) is 7.11 Å². The third-order valence-corrected chi connectivity index (χ3v) is 12.8. The van der Waals surface area contributed by atoms with Gasteiger partial charge in [-0.1, -0.05) is 34.1 Å². The molecule has 0 radical (unpaired) electrons. The smallest absolute Gasteiger partial charge is 0.185 e. The molecule has 6 N–H and O–H groups in total. The molecule has 3 saturated heterocycles. The first-order valence-corrected chi connectivity index (χ1v) is 20.9. The van der Waals surface area contributed by atoms with E-state index in [-0.39, 0.29) is 49.2 Å². The van der Waals surface area contributed by atoms with E-state index in [0.717, 1.165) is 0 Å². The first-order chi connectivity index (χ1) is 25.6. The second-order valence-electron chi connectivity index (χ2n) is 18.7. The maximum atomic E-state index is 14.4. The molecule has 56 heavy (non-hydrogen) atoms. The maximum absolute atomic E-state index is 14.4. The predicted octanol–water partition coefficient (Wildman–Crippen LogP) is 2.95. The van der Waals surface area contributed by atoms with Crippen LogP contribution in [0.2, 0.25) is 0 Å². The van der Waals surface area contributed by atoms with Crippen LogP contribution in [0.1, 0.15) is 115 Å². The molecule has 3 fully saturated rings. The summed E-state index contributed by atoms with van der Waals surface area (Å²) < 4.78 is 31.7. The quantitative estimate of drug-likeness (QED) is 0.220. The van der Waals surface area contributed by atoms with E-state index in [1.807, 2.05) is 65.6 Å². The van der Waals surface area contributed by atoms with Crippen molar-refractivity contribution in [2.24, 2.45) is 23.7 Å². The number of aliphatic hydroxyl groups is 6. The van der Waals surface area contributed by atoms with Crippen LogP contribution in [0.25, 0.3) is 0 Å². The topological polar surface area (TPSA) is 191 Å². The van der Waals surface area contributed by atoms with Gasteiger partial charge in [0, 0.05) is 56.5 Å². The molecule has 0 spiro atoms.